The molecule has 0 fully saturated rings. The Bertz CT molecular complexity index is 328. The Kier molecular flexibility index (Phi) is 8.19. The molecular weight excluding hydrogens is 240 g/mol. The van der Waals surface area contributed by atoms with Gasteiger partial charge in [-0.15, -0.1) is 12.4 Å². The highest BCUT2D eigenvalue weighted by atomic mass is 35.5. The van der Waals surface area contributed by atoms with Crippen LogP contribution >= 0.6 is 12.4 Å². The molecule has 1 aromatic rings. The van der Waals surface area contributed by atoms with Gasteiger partial charge >= 0.3 is 0 Å². The van der Waals surface area contributed by atoms with Crippen molar-refractivity contribution in [3.8, 4) is 5.75 Å². The lowest BCUT2D eigenvalue weighted by Crippen LogP contribution is -2.13. The predicted octanol–water partition coefficient (Wildman–Crippen LogP) is 2.18. The number of amides is 1. The highest BCUT2D eigenvalue weighted by molar-refractivity contribution is 5.90. The predicted molar refractivity (Wildman–Crippen MR) is 71.8 cm³/mol. The molecule has 0 aliphatic rings. The van der Waals surface area contributed by atoms with Gasteiger partial charge in [0.1, 0.15) is 5.75 Å². The van der Waals surface area contributed by atoms with Gasteiger partial charge in [-0.05, 0) is 44.2 Å². The number of benzene rings is 1. The molecule has 4 nitrogen and oxygen atoms in total. The first-order valence-corrected chi connectivity index (χ1v) is 5.49. The third kappa shape index (κ3) is 6.14. The Morgan fingerprint density at radius 1 is 1.35 bits per heavy atom. The third-order valence-electron chi connectivity index (χ3n) is 2.06. The van der Waals surface area contributed by atoms with Crippen LogP contribution in [0.25, 0.3) is 0 Å². The van der Waals surface area contributed by atoms with Crippen LogP contribution in [0.15, 0.2) is 24.3 Å². The lowest BCUT2D eigenvalue weighted by Gasteiger charge is -2.06. The van der Waals surface area contributed by atoms with Gasteiger partial charge in [0.15, 0.2) is 0 Å². The normalized spacial score (nSPS) is 9.29. The molecule has 0 spiro atoms. The second kappa shape index (κ2) is 8.84. The second-order valence-electron chi connectivity index (χ2n) is 3.40. The van der Waals surface area contributed by atoms with Crippen molar-refractivity contribution in [3.63, 3.8) is 0 Å². The fourth-order valence-corrected chi connectivity index (χ4v) is 1.29. The summed E-state index contributed by atoms with van der Waals surface area (Å²) < 4.78 is 5.30. The maximum absolute atomic E-state index is 11.4. The minimum absolute atomic E-state index is 0. The quantitative estimate of drug-likeness (QED) is 0.822. The van der Waals surface area contributed by atoms with E-state index in [1.165, 1.54) is 0 Å². The summed E-state index contributed by atoms with van der Waals surface area (Å²) in [4.78, 5) is 11.4. The average Bonchev–Trinajstić information content (AvgIpc) is 2.29. The molecule has 0 aromatic heterocycles. The molecule has 1 aromatic carbocycles. The maximum atomic E-state index is 11.4. The van der Waals surface area contributed by atoms with Crippen LogP contribution in [0.1, 0.15) is 19.8 Å². The number of anilines is 1. The van der Waals surface area contributed by atoms with Crippen LogP contribution in [0.5, 0.6) is 5.75 Å². The summed E-state index contributed by atoms with van der Waals surface area (Å²) in [7, 11) is 0. The largest absolute Gasteiger partial charge is 0.494 e. The van der Waals surface area contributed by atoms with Crippen molar-refractivity contribution in [1.29, 1.82) is 0 Å². The molecule has 17 heavy (non-hydrogen) atoms. The van der Waals surface area contributed by atoms with Crippen LogP contribution in [-0.4, -0.2) is 19.1 Å². The molecule has 1 rings (SSSR count). The second-order valence-corrected chi connectivity index (χ2v) is 3.40. The van der Waals surface area contributed by atoms with Crippen LogP contribution in [0.3, 0.4) is 0 Å². The van der Waals surface area contributed by atoms with Gasteiger partial charge in [0.25, 0.3) is 0 Å². The molecule has 0 atom stereocenters. The zero-order valence-electron chi connectivity index (χ0n) is 9.94. The van der Waals surface area contributed by atoms with Crippen molar-refractivity contribution in [2.45, 2.75) is 19.8 Å². The molecule has 0 heterocycles. The summed E-state index contributed by atoms with van der Waals surface area (Å²) in [6.07, 6.45) is 1.17. The number of carbonyl (C=O) groups is 1. The molecule has 0 unspecified atom stereocenters. The molecule has 0 saturated carbocycles. The van der Waals surface area contributed by atoms with E-state index in [1.807, 2.05) is 31.2 Å². The number of carbonyl (C=O) groups excluding carboxylic acids is 1. The average molecular weight is 259 g/mol. The third-order valence-corrected chi connectivity index (χ3v) is 2.06. The Labute approximate surface area is 108 Å². The van der Waals surface area contributed by atoms with E-state index in [2.05, 4.69) is 5.32 Å². The zero-order chi connectivity index (χ0) is 11.8. The lowest BCUT2D eigenvalue weighted by molar-refractivity contribution is -0.116. The van der Waals surface area contributed by atoms with E-state index in [-0.39, 0.29) is 18.3 Å². The lowest BCUT2D eigenvalue weighted by atomic mass is 10.2. The van der Waals surface area contributed by atoms with E-state index < -0.39 is 0 Å². The molecule has 0 radical (unpaired) electrons. The van der Waals surface area contributed by atoms with E-state index in [0.717, 1.165) is 11.4 Å². The van der Waals surface area contributed by atoms with Gasteiger partial charge in [-0.1, -0.05) is 0 Å². The number of nitrogens with two attached hydrogens (primary N) is 1. The number of nitrogens with one attached hydrogen (secondary N) is 1. The van der Waals surface area contributed by atoms with Crippen LogP contribution in [0, 0.1) is 0 Å². The Balaban J connectivity index is 0.00000256. The Morgan fingerprint density at radius 3 is 2.53 bits per heavy atom. The monoisotopic (exact) mass is 258 g/mol. The number of rotatable bonds is 6. The van der Waals surface area contributed by atoms with Gasteiger partial charge in [-0.3, -0.25) is 4.79 Å². The minimum atomic E-state index is -0.00499. The van der Waals surface area contributed by atoms with Crippen molar-refractivity contribution >= 4 is 24.0 Å². The Morgan fingerprint density at radius 2 is 2.00 bits per heavy atom. The van der Waals surface area contributed by atoms with Crippen LogP contribution < -0.4 is 15.8 Å². The molecule has 3 N–H and O–H groups in total. The van der Waals surface area contributed by atoms with E-state index >= 15 is 0 Å². The summed E-state index contributed by atoms with van der Waals surface area (Å²) in [6, 6.07) is 7.32. The fourth-order valence-electron chi connectivity index (χ4n) is 1.29. The van der Waals surface area contributed by atoms with Crippen molar-refractivity contribution in [3.05, 3.63) is 24.3 Å². The van der Waals surface area contributed by atoms with E-state index in [0.29, 0.717) is 26.0 Å². The van der Waals surface area contributed by atoms with Gasteiger partial charge in [0.05, 0.1) is 6.61 Å². The van der Waals surface area contributed by atoms with Gasteiger partial charge in [-0.2, -0.15) is 0 Å². The molecular formula is C12H19ClN2O2. The standard InChI is InChI=1S/C12H18N2O2.ClH/c1-2-16-11-7-5-10(6-8-11)14-12(15)4-3-9-13;/h5-8H,2-4,9,13H2,1H3,(H,14,15);1H. The molecule has 0 saturated heterocycles. The maximum Gasteiger partial charge on any atom is 0.224 e. The summed E-state index contributed by atoms with van der Waals surface area (Å²) in [5, 5.41) is 2.80. The number of hydrogen-bond acceptors (Lipinski definition) is 3. The Hall–Kier alpha value is -1.26. The summed E-state index contributed by atoms with van der Waals surface area (Å²) in [6.45, 7) is 3.11. The SMILES string of the molecule is CCOc1ccc(NC(=O)CCCN)cc1.Cl. The van der Waals surface area contributed by atoms with Crippen LogP contribution in [0.4, 0.5) is 5.69 Å². The van der Waals surface area contributed by atoms with Crippen LogP contribution in [-0.2, 0) is 4.79 Å². The molecule has 5 heteroatoms. The number of ether oxygens (including phenoxy) is 1. The number of halogens is 1. The molecule has 96 valence electrons. The first-order chi connectivity index (χ1) is 7.76. The minimum Gasteiger partial charge on any atom is -0.494 e. The summed E-state index contributed by atoms with van der Waals surface area (Å²) in [5.41, 5.74) is 6.11. The molecule has 0 aliphatic carbocycles. The first kappa shape index (κ1) is 15.7. The van der Waals surface area contributed by atoms with Gasteiger partial charge < -0.3 is 15.8 Å². The highest BCUT2D eigenvalue weighted by Crippen LogP contribution is 2.15. The fraction of sp³-hybridized carbons (Fsp3) is 0.417. The summed E-state index contributed by atoms with van der Waals surface area (Å²) in [5.74, 6) is 0.803. The highest BCUT2D eigenvalue weighted by Gasteiger charge is 2.01. The molecule has 0 aliphatic heterocycles. The smallest absolute Gasteiger partial charge is 0.224 e. The van der Waals surface area contributed by atoms with E-state index in [9.17, 15) is 4.79 Å². The summed E-state index contributed by atoms with van der Waals surface area (Å²) >= 11 is 0. The van der Waals surface area contributed by atoms with Crippen molar-refractivity contribution in [1.82, 2.24) is 0 Å². The van der Waals surface area contributed by atoms with Gasteiger partial charge in [0, 0.05) is 12.1 Å². The zero-order valence-corrected chi connectivity index (χ0v) is 10.8. The van der Waals surface area contributed by atoms with Crippen molar-refractivity contribution < 1.29 is 9.53 Å². The van der Waals surface area contributed by atoms with Crippen molar-refractivity contribution in [2.24, 2.45) is 5.73 Å². The van der Waals surface area contributed by atoms with Gasteiger partial charge in [-0.25, -0.2) is 0 Å². The van der Waals surface area contributed by atoms with Crippen LogP contribution in [0.2, 0.25) is 0 Å². The molecule has 1 amide bonds. The van der Waals surface area contributed by atoms with E-state index in [1.54, 1.807) is 0 Å². The first-order valence-electron chi connectivity index (χ1n) is 5.49. The van der Waals surface area contributed by atoms with Gasteiger partial charge in [0.2, 0.25) is 5.91 Å². The topological polar surface area (TPSA) is 64.3 Å². The number of hydrogen-bond donors (Lipinski definition) is 2. The van der Waals surface area contributed by atoms with Crippen molar-refractivity contribution in [2.75, 3.05) is 18.5 Å². The molecule has 0 bridgehead atoms. The van der Waals surface area contributed by atoms with E-state index in [4.69, 9.17) is 10.5 Å².